The van der Waals surface area contributed by atoms with Crippen LogP contribution in [0.2, 0.25) is 5.02 Å². The lowest BCUT2D eigenvalue weighted by Gasteiger charge is -2.13. The molecule has 0 atom stereocenters. The van der Waals surface area contributed by atoms with Gasteiger partial charge >= 0.3 is 0 Å². The van der Waals surface area contributed by atoms with Gasteiger partial charge in [0.15, 0.2) is 0 Å². The average molecular weight is 338 g/mol. The third kappa shape index (κ3) is 2.89. The number of aromatic nitrogens is 1. The molecule has 1 N–H and O–H groups in total. The molecule has 0 saturated carbocycles. The number of phenolic OH excluding ortho intramolecular Hbond substituents is 1. The number of benzene rings is 1. The van der Waals surface area contributed by atoms with E-state index < -0.39 is 5.41 Å². The molecule has 0 saturated heterocycles. The van der Waals surface area contributed by atoms with Gasteiger partial charge in [-0.3, -0.25) is 4.98 Å². The molecule has 4 heteroatoms. The van der Waals surface area contributed by atoms with E-state index in [0.29, 0.717) is 16.5 Å². The highest BCUT2D eigenvalue weighted by atomic mass is 35.5. The van der Waals surface area contributed by atoms with Gasteiger partial charge in [-0.25, -0.2) is 0 Å². The smallest absolute Gasteiger partial charge is 0.142 e. The van der Waals surface area contributed by atoms with Crippen molar-refractivity contribution in [3.05, 3.63) is 59.6 Å². The molecule has 0 fully saturated rings. The van der Waals surface area contributed by atoms with Crippen LogP contribution in [0.4, 0.5) is 0 Å². The normalized spacial score (nSPS) is 11.2. The topological polar surface area (TPSA) is 46.3 Å². The molecule has 3 nitrogen and oxygen atoms in total. The summed E-state index contributed by atoms with van der Waals surface area (Å²) in [6.07, 6.45) is 9.08. The molecule has 1 aromatic carbocycles. The third-order valence-corrected chi connectivity index (χ3v) is 4.23. The van der Waals surface area contributed by atoms with Crippen molar-refractivity contribution in [2.24, 2.45) is 0 Å². The van der Waals surface area contributed by atoms with Crippen LogP contribution < -0.4 is 0 Å². The van der Waals surface area contributed by atoms with Crippen molar-refractivity contribution in [1.29, 1.82) is 0 Å². The second kappa shape index (κ2) is 6.07. The van der Waals surface area contributed by atoms with Crippen LogP contribution in [0.5, 0.6) is 5.75 Å². The van der Waals surface area contributed by atoms with Crippen LogP contribution in [0, 0.1) is 12.3 Å². The number of halogens is 1. The zero-order chi connectivity index (χ0) is 17.3. The number of terminal acetylenes is 1. The summed E-state index contributed by atoms with van der Waals surface area (Å²) in [4.78, 5) is 4.05. The maximum Gasteiger partial charge on any atom is 0.142 e. The fraction of sp³-hybridized carbons (Fsp3) is 0.150. The summed E-state index contributed by atoms with van der Waals surface area (Å²) in [6, 6.07) is 10.8. The van der Waals surface area contributed by atoms with Crippen molar-refractivity contribution in [2.45, 2.75) is 19.3 Å². The second-order valence-electron chi connectivity index (χ2n) is 6.02. The molecule has 3 rings (SSSR count). The zero-order valence-corrected chi connectivity index (χ0v) is 14.1. The molecule has 0 aliphatic carbocycles. The van der Waals surface area contributed by atoms with Gasteiger partial charge in [-0.2, -0.15) is 0 Å². The van der Waals surface area contributed by atoms with Crippen LogP contribution in [0.1, 0.15) is 19.6 Å². The van der Waals surface area contributed by atoms with Gasteiger partial charge in [-0.1, -0.05) is 17.5 Å². The third-order valence-electron chi connectivity index (χ3n) is 3.91. The highest BCUT2D eigenvalue weighted by Gasteiger charge is 2.25. The second-order valence-corrected chi connectivity index (χ2v) is 6.43. The predicted molar refractivity (Wildman–Crippen MR) is 95.9 cm³/mol. The van der Waals surface area contributed by atoms with E-state index in [2.05, 4.69) is 10.9 Å². The van der Waals surface area contributed by atoms with Crippen molar-refractivity contribution in [3.63, 3.8) is 0 Å². The Hall–Kier alpha value is -2.70. The summed E-state index contributed by atoms with van der Waals surface area (Å²) in [5.74, 6) is 4.06. The largest absolute Gasteiger partial charge is 0.506 e. The summed E-state index contributed by atoms with van der Waals surface area (Å²) in [6.45, 7) is 3.84. The molecule has 24 heavy (non-hydrogen) atoms. The van der Waals surface area contributed by atoms with Crippen LogP contribution in [-0.2, 0) is 5.41 Å². The monoisotopic (exact) mass is 337 g/mol. The predicted octanol–water partition coefficient (Wildman–Crippen LogP) is 5.28. The Morgan fingerprint density at radius 1 is 1.12 bits per heavy atom. The Balaban J connectivity index is 2.24. The number of hydrogen-bond donors (Lipinski definition) is 1. The summed E-state index contributed by atoms with van der Waals surface area (Å²) in [5.41, 5.74) is 2.02. The van der Waals surface area contributed by atoms with E-state index in [1.807, 2.05) is 32.0 Å². The number of nitrogens with zero attached hydrogens (tertiary/aromatic N) is 1. The number of rotatable bonds is 3. The van der Waals surface area contributed by atoms with Crippen LogP contribution in [0.25, 0.3) is 22.5 Å². The number of hydrogen-bond acceptors (Lipinski definition) is 3. The lowest BCUT2D eigenvalue weighted by molar-refractivity contribution is 0.454. The van der Waals surface area contributed by atoms with Crippen LogP contribution in [-0.4, -0.2) is 10.1 Å². The Bertz CT molecular complexity index is 921. The first-order valence-corrected chi connectivity index (χ1v) is 7.81. The molecule has 0 aliphatic heterocycles. The minimum atomic E-state index is -0.547. The van der Waals surface area contributed by atoms with Gasteiger partial charge in [0.1, 0.15) is 17.3 Å². The van der Waals surface area contributed by atoms with Crippen molar-refractivity contribution >= 4 is 11.6 Å². The summed E-state index contributed by atoms with van der Waals surface area (Å²) in [7, 11) is 0. The first-order valence-electron chi connectivity index (χ1n) is 7.44. The van der Waals surface area contributed by atoms with Crippen molar-refractivity contribution in [2.75, 3.05) is 0 Å². The van der Waals surface area contributed by atoms with Crippen molar-refractivity contribution in [1.82, 2.24) is 4.98 Å². The van der Waals surface area contributed by atoms with Gasteiger partial charge in [-0.05, 0) is 55.8 Å². The van der Waals surface area contributed by atoms with Crippen LogP contribution in [0.3, 0.4) is 0 Å². The number of furan rings is 1. The summed E-state index contributed by atoms with van der Waals surface area (Å²) >= 11 is 5.91. The Morgan fingerprint density at radius 3 is 2.46 bits per heavy atom. The Kier molecular flexibility index (Phi) is 4.09. The maximum absolute atomic E-state index is 9.92. The molecule has 3 aromatic rings. The lowest BCUT2D eigenvalue weighted by Crippen LogP contribution is -2.12. The highest BCUT2D eigenvalue weighted by Crippen LogP contribution is 2.40. The molecule has 0 amide bonds. The fourth-order valence-electron chi connectivity index (χ4n) is 2.38. The number of phenols is 1. The first-order chi connectivity index (χ1) is 11.4. The summed E-state index contributed by atoms with van der Waals surface area (Å²) in [5, 5.41) is 10.2. The molecule has 0 bridgehead atoms. The molecule has 0 aliphatic rings. The molecular formula is C20H16ClNO2. The van der Waals surface area contributed by atoms with Crippen molar-refractivity contribution in [3.8, 4) is 40.5 Å². The van der Waals surface area contributed by atoms with E-state index in [1.165, 1.54) is 0 Å². The van der Waals surface area contributed by atoms with E-state index in [4.69, 9.17) is 22.4 Å². The molecule has 2 heterocycles. The zero-order valence-electron chi connectivity index (χ0n) is 13.4. The van der Waals surface area contributed by atoms with Gasteiger partial charge in [0.25, 0.3) is 0 Å². The van der Waals surface area contributed by atoms with E-state index in [0.717, 1.165) is 16.7 Å². The van der Waals surface area contributed by atoms with Gasteiger partial charge in [0, 0.05) is 23.5 Å². The van der Waals surface area contributed by atoms with E-state index in [9.17, 15) is 5.11 Å². The fourth-order valence-corrected chi connectivity index (χ4v) is 2.50. The minimum Gasteiger partial charge on any atom is -0.506 e. The Morgan fingerprint density at radius 2 is 1.83 bits per heavy atom. The van der Waals surface area contributed by atoms with Gasteiger partial charge in [-0.15, -0.1) is 6.42 Å². The lowest BCUT2D eigenvalue weighted by atomic mass is 9.91. The van der Waals surface area contributed by atoms with E-state index in [1.54, 1.807) is 30.6 Å². The highest BCUT2D eigenvalue weighted by molar-refractivity contribution is 6.32. The molecule has 0 spiro atoms. The SMILES string of the molecule is C#CC(C)(C)c1cc(-c2ccncc2)c(-c2ccc(Cl)c(O)c2)o1. The van der Waals surface area contributed by atoms with Gasteiger partial charge < -0.3 is 9.52 Å². The first kappa shape index (κ1) is 16.2. The van der Waals surface area contributed by atoms with Crippen LogP contribution >= 0.6 is 11.6 Å². The molecule has 120 valence electrons. The summed E-state index contributed by atoms with van der Waals surface area (Å²) < 4.78 is 6.09. The molecule has 0 unspecified atom stereocenters. The standard InChI is InChI=1S/C20H16ClNO2/c1-4-20(2,3)18-12-15(13-7-9-22-10-8-13)19(24-18)14-5-6-16(21)17(23)11-14/h1,5-12,23H,2-3H3. The quantitative estimate of drug-likeness (QED) is 0.661. The molecular weight excluding hydrogens is 322 g/mol. The Labute approximate surface area is 145 Å². The minimum absolute atomic E-state index is 0.00371. The van der Waals surface area contributed by atoms with Gasteiger partial charge in [0.2, 0.25) is 0 Å². The van der Waals surface area contributed by atoms with Crippen LogP contribution in [0.15, 0.2) is 53.2 Å². The van der Waals surface area contributed by atoms with Crippen molar-refractivity contribution < 1.29 is 9.52 Å². The van der Waals surface area contributed by atoms with E-state index >= 15 is 0 Å². The number of pyridine rings is 1. The molecule has 2 aromatic heterocycles. The van der Waals surface area contributed by atoms with Gasteiger partial charge in [0.05, 0.1) is 10.4 Å². The average Bonchev–Trinajstić information content (AvgIpc) is 3.04. The number of aromatic hydroxyl groups is 1. The maximum atomic E-state index is 9.92. The molecule has 0 radical (unpaired) electrons. The van der Waals surface area contributed by atoms with E-state index in [-0.39, 0.29) is 5.75 Å².